The highest BCUT2D eigenvalue weighted by molar-refractivity contribution is 8.82. The van der Waals surface area contributed by atoms with Crippen LogP contribution in [0.25, 0.3) is 0 Å². The van der Waals surface area contributed by atoms with Crippen LogP contribution in [0.2, 0.25) is 0 Å². The van der Waals surface area contributed by atoms with Gasteiger partial charge in [0.05, 0.1) is 0 Å². The molecule has 2 heterocycles. The summed E-state index contributed by atoms with van der Waals surface area (Å²) >= 11 is 0. The first-order valence-electron chi connectivity index (χ1n) is 5.75. The molecule has 0 aliphatic carbocycles. The fourth-order valence-corrected chi connectivity index (χ4v) is 4.45. The first kappa shape index (κ1) is 12.5. The van der Waals surface area contributed by atoms with Gasteiger partial charge in [-0.05, 0) is 28.1 Å². The maximum Gasteiger partial charge on any atom is 0.172 e. The van der Waals surface area contributed by atoms with Crippen molar-refractivity contribution < 1.29 is 0 Å². The SMILES string of the molecule is CCN1CCN(C2N=C(N(C)C)SS2)CC1. The van der Waals surface area contributed by atoms with E-state index in [1.54, 1.807) is 10.8 Å². The highest BCUT2D eigenvalue weighted by Gasteiger charge is 2.28. The molecule has 0 spiro atoms. The summed E-state index contributed by atoms with van der Waals surface area (Å²) in [7, 11) is 7.79. The Balaban J connectivity index is 1.86. The van der Waals surface area contributed by atoms with Crippen LogP contribution in [-0.4, -0.2) is 72.2 Å². The molecule has 4 nitrogen and oxygen atoms in total. The molecule has 0 aromatic carbocycles. The van der Waals surface area contributed by atoms with Crippen LogP contribution in [0.1, 0.15) is 6.92 Å². The highest BCUT2D eigenvalue weighted by atomic mass is 33.1. The van der Waals surface area contributed by atoms with Crippen LogP contribution in [0.5, 0.6) is 0 Å². The van der Waals surface area contributed by atoms with Gasteiger partial charge in [0.2, 0.25) is 0 Å². The van der Waals surface area contributed by atoms with Gasteiger partial charge in [-0.3, -0.25) is 4.90 Å². The number of piperazine rings is 1. The summed E-state index contributed by atoms with van der Waals surface area (Å²) in [6, 6.07) is 0. The molecule has 6 heteroatoms. The van der Waals surface area contributed by atoms with Crippen molar-refractivity contribution in [3.8, 4) is 0 Å². The van der Waals surface area contributed by atoms with E-state index in [2.05, 4.69) is 35.7 Å². The van der Waals surface area contributed by atoms with Gasteiger partial charge in [0.15, 0.2) is 10.7 Å². The molecular weight excluding hydrogens is 240 g/mol. The van der Waals surface area contributed by atoms with E-state index in [1.807, 2.05) is 10.8 Å². The third-order valence-corrected chi connectivity index (χ3v) is 5.52. The van der Waals surface area contributed by atoms with Gasteiger partial charge in [0.25, 0.3) is 0 Å². The molecule has 0 bridgehead atoms. The molecule has 2 aliphatic heterocycles. The molecule has 0 radical (unpaired) electrons. The van der Waals surface area contributed by atoms with E-state index in [0.717, 1.165) is 18.3 Å². The molecule has 0 amide bonds. The minimum absolute atomic E-state index is 0.335. The van der Waals surface area contributed by atoms with Crippen LogP contribution < -0.4 is 0 Å². The zero-order valence-electron chi connectivity index (χ0n) is 10.2. The molecular formula is C10H20N4S2. The Morgan fingerprint density at radius 2 is 2.00 bits per heavy atom. The predicted molar refractivity (Wildman–Crippen MR) is 73.8 cm³/mol. The van der Waals surface area contributed by atoms with Crippen molar-refractivity contribution in [2.45, 2.75) is 12.4 Å². The quantitative estimate of drug-likeness (QED) is 0.694. The molecule has 0 aromatic rings. The maximum atomic E-state index is 4.74. The number of rotatable bonds is 2. The average molecular weight is 260 g/mol. The molecule has 16 heavy (non-hydrogen) atoms. The molecule has 1 unspecified atom stereocenters. The van der Waals surface area contributed by atoms with Crippen molar-refractivity contribution in [3.63, 3.8) is 0 Å². The summed E-state index contributed by atoms with van der Waals surface area (Å²) in [5.41, 5.74) is 0.335. The second-order valence-electron chi connectivity index (χ2n) is 4.28. The Morgan fingerprint density at radius 1 is 1.31 bits per heavy atom. The van der Waals surface area contributed by atoms with E-state index in [9.17, 15) is 0 Å². The first-order valence-corrected chi connectivity index (χ1v) is 7.97. The van der Waals surface area contributed by atoms with Gasteiger partial charge in [-0.15, -0.1) is 0 Å². The van der Waals surface area contributed by atoms with Gasteiger partial charge in [-0.1, -0.05) is 6.92 Å². The number of aliphatic imine (C=N–C) groups is 1. The standard InChI is InChI=1S/C10H20N4S2/c1-4-13-5-7-14(8-6-13)10-11-9(12(2)3)15-16-10/h10H,4-8H2,1-3H3. The Hall–Kier alpha value is 0.0900. The van der Waals surface area contributed by atoms with Crippen molar-refractivity contribution in [2.24, 2.45) is 4.99 Å². The molecule has 0 N–H and O–H groups in total. The van der Waals surface area contributed by atoms with Crippen LogP contribution in [-0.2, 0) is 0 Å². The van der Waals surface area contributed by atoms with E-state index in [1.165, 1.54) is 19.6 Å². The van der Waals surface area contributed by atoms with Crippen molar-refractivity contribution in [1.82, 2.24) is 14.7 Å². The second-order valence-corrected chi connectivity index (χ2v) is 6.51. The van der Waals surface area contributed by atoms with Gasteiger partial charge in [0.1, 0.15) is 0 Å². The molecule has 0 aromatic heterocycles. The largest absolute Gasteiger partial charge is 0.357 e. The van der Waals surface area contributed by atoms with Crippen LogP contribution in [0, 0.1) is 0 Å². The number of likely N-dealkylation sites (N-methyl/N-ethyl adjacent to an activating group) is 1. The van der Waals surface area contributed by atoms with E-state index < -0.39 is 0 Å². The van der Waals surface area contributed by atoms with Crippen molar-refractivity contribution in [1.29, 1.82) is 0 Å². The van der Waals surface area contributed by atoms with Crippen molar-refractivity contribution in [2.75, 3.05) is 46.8 Å². The third kappa shape index (κ3) is 2.85. The fourth-order valence-electron chi connectivity index (χ4n) is 1.86. The molecule has 92 valence electrons. The van der Waals surface area contributed by atoms with Crippen molar-refractivity contribution in [3.05, 3.63) is 0 Å². The number of hydrogen-bond donors (Lipinski definition) is 0. The van der Waals surface area contributed by atoms with E-state index in [-0.39, 0.29) is 0 Å². The van der Waals surface area contributed by atoms with E-state index in [0.29, 0.717) is 5.50 Å². The smallest absolute Gasteiger partial charge is 0.172 e. The Morgan fingerprint density at radius 3 is 2.50 bits per heavy atom. The summed E-state index contributed by atoms with van der Waals surface area (Å²) in [5, 5.41) is 1.15. The topological polar surface area (TPSA) is 22.1 Å². The van der Waals surface area contributed by atoms with Gasteiger partial charge in [-0.2, -0.15) is 0 Å². The van der Waals surface area contributed by atoms with Crippen LogP contribution in [0.4, 0.5) is 0 Å². The van der Waals surface area contributed by atoms with Gasteiger partial charge >= 0.3 is 0 Å². The third-order valence-electron chi connectivity index (χ3n) is 2.98. The molecule has 2 rings (SSSR count). The first-order chi connectivity index (χ1) is 7.70. The van der Waals surface area contributed by atoms with Gasteiger partial charge < -0.3 is 9.80 Å². The minimum atomic E-state index is 0.335. The number of nitrogens with zero attached hydrogens (tertiary/aromatic N) is 4. The molecule has 1 fully saturated rings. The lowest BCUT2D eigenvalue weighted by atomic mass is 10.3. The molecule has 2 aliphatic rings. The lowest BCUT2D eigenvalue weighted by Crippen LogP contribution is -2.48. The van der Waals surface area contributed by atoms with Crippen molar-refractivity contribution >= 4 is 26.8 Å². The summed E-state index contributed by atoms with van der Waals surface area (Å²) < 4.78 is 0. The normalized spacial score (nSPS) is 28.2. The highest BCUT2D eigenvalue weighted by Crippen LogP contribution is 2.38. The fraction of sp³-hybridized carbons (Fsp3) is 0.900. The second kappa shape index (κ2) is 5.62. The monoisotopic (exact) mass is 260 g/mol. The Bertz CT molecular complexity index is 262. The molecule has 1 atom stereocenters. The van der Waals surface area contributed by atoms with E-state index in [4.69, 9.17) is 4.99 Å². The number of hydrogen-bond acceptors (Lipinski definition) is 6. The van der Waals surface area contributed by atoms with Crippen LogP contribution in [0.3, 0.4) is 0 Å². The zero-order chi connectivity index (χ0) is 11.5. The summed E-state index contributed by atoms with van der Waals surface area (Å²) in [6.07, 6.45) is 0. The van der Waals surface area contributed by atoms with E-state index >= 15 is 0 Å². The minimum Gasteiger partial charge on any atom is -0.357 e. The van der Waals surface area contributed by atoms with Gasteiger partial charge in [-0.25, -0.2) is 4.99 Å². The summed E-state index contributed by atoms with van der Waals surface area (Å²) in [6.45, 7) is 8.08. The molecule has 0 saturated carbocycles. The molecule has 1 saturated heterocycles. The zero-order valence-corrected chi connectivity index (χ0v) is 11.9. The Labute approximate surface area is 106 Å². The summed E-state index contributed by atoms with van der Waals surface area (Å²) in [4.78, 5) is 11.8. The number of amidine groups is 1. The predicted octanol–water partition coefficient (Wildman–Crippen LogP) is 1.22. The van der Waals surface area contributed by atoms with Gasteiger partial charge in [0, 0.05) is 40.3 Å². The Kier molecular flexibility index (Phi) is 4.41. The lowest BCUT2D eigenvalue weighted by Gasteiger charge is -2.35. The van der Waals surface area contributed by atoms with Crippen LogP contribution in [0.15, 0.2) is 4.99 Å². The lowest BCUT2D eigenvalue weighted by molar-refractivity contribution is 0.131. The average Bonchev–Trinajstić information content (AvgIpc) is 2.78. The maximum absolute atomic E-state index is 4.74. The van der Waals surface area contributed by atoms with Crippen LogP contribution >= 0.6 is 21.6 Å². The summed E-state index contributed by atoms with van der Waals surface area (Å²) in [5.74, 6) is 0.